The van der Waals surface area contributed by atoms with Crippen molar-refractivity contribution in [3.8, 4) is 11.1 Å². The van der Waals surface area contributed by atoms with E-state index in [1.807, 2.05) is 27.1 Å². The number of nitrogens with zero attached hydrogens (tertiary/aromatic N) is 4. The number of carbonyl (C=O) groups is 1. The number of carbonyl (C=O) groups excluding carboxylic acids is 1. The molecule has 0 radical (unpaired) electrons. The van der Waals surface area contributed by atoms with E-state index in [1.165, 1.54) is 11.1 Å². The Kier molecular flexibility index (Phi) is 6.29. The largest absolute Gasteiger partial charge is 0.356 e. The van der Waals surface area contributed by atoms with Gasteiger partial charge in [0.15, 0.2) is 0 Å². The molecule has 0 saturated carbocycles. The van der Waals surface area contributed by atoms with Gasteiger partial charge < -0.3 is 15.1 Å². The Balaban J connectivity index is 1.79. The monoisotopic (exact) mass is 423 g/mol. The summed E-state index contributed by atoms with van der Waals surface area (Å²) in [5.41, 5.74) is 2.34. The van der Waals surface area contributed by atoms with Crippen molar-refractivity contribution in [1.29, 1.82) is 0 Å². The van der Waals surface area contributed by atoms with E-state index in [0.717, 1.165) is 41.2 Å². The van der Waals surface area contributed by atoms with E-state index in [9.17, 15) is 4.79 Å². The topological polar surface area (TPSA) is 61.4 Å². The average Bonchev–Trinajstić information content (AvgIpc) is 3.17. The molecule has 1 unspecified atom stereocenters. The summed E-state index contributed by atoms with van der Waals surface area (Å²) in [5.74, 6) is 1.93. The number of piperidine rings is 1. The lowest BCUT2D eigenvalue weighted by molar-refractivity contribution is -0.125. The maximum absolute atomic E-state index is 12.5. The minimum Gasteiger partial charge on any atom is -0.356 e. The van der Waals surface area contributed by atoms with Crippen molar-refractivity contribution in [2.75, 3.05) is 38.6 Å². The van der Waals surface area contributed by atoms with E-state index < -0.39 is 0 Å². The standard InChI is InChI=1S/C23H29N5OS/c1-4-24-22(29)17-11-8-12-28(13-17)21-20-18(16-9-6-5-7-10-16)15-30-23(20)26-19(25-21)14-27(2)3/h5-7,9-10,15,17H,4,8,11-14H2,1-3H3,(H,24,29). The third-order valence-corrected chi connectivity index (χ3v) is 6.32. The van der Waals surface area contributed by atoms with Crippen LogP contribution in [0.4, 0.5) is 5.82 Å². The summed E-state index contributed by atoms with van der Waals surface area (Å²) in [6.07, 6.45) is 1.91. The van der Waals surface area contributed by atoms with Gasteiger partial charge in [0, 0.05) is 30.6 Å². The number of aromatic nitrogens is 2. The first-order valence-corrected chi connectivity index (χ1v) is 11.5. The van der Waals surface area contributed by atoms with Crippen molar-refractivity contribution in [3.63, 3.8) is 0 Å². The molecule has 2 aromatic heterocycles. The van der Waals surface area contributed by atoms with Gasteiger partial charge in [-0.2, -0.15) is 0 Å². The summed E-state index contributed by atoms with van der Waals surface area (Å²) < 4.78 is 0. The van der Waals surface area contributed by atoms with Crippen LogP contribution in [0.25, 0.3) is 21.3 Å². The molecule has 3 aromatic rings. The molecule has 0 aliphatic carbocycles. The van der Waals surface area contributed by atoms with E-state index in [1.54, 1.807) is 11.3 Å². The number of hydrogen-bond acceptors (Lipinski definition) is 6. The molecule has 1 aromatic carbocycles. The number of fused-ring (bicyclic) bond motifs is 1. The lowest BCUT2D eigenvalue weighted by Gasteiger charge is -2.33. The van der Waals surface area contributed by atoms with Crippen molar-refractivity contribution in [2.45, 2.75) is 26.3 Å². The zero-order valence-corrected chi connectivity index (χ0v) is 18.7. The molecular formula is C23H29N5OS. The molecule has 1 N–H and O–H groups in total. The van der Waals surface area contributed by atoms with Gasteiger partial charge in [-0.25, -0.2) is 9.97 Å². The second-order valence-corrected chi connectivity index (χ2v) is 8.93. The quantitative estimate of drug-likeness (QED) is 0.654. The average molecular weight is 424 g/mol. The number of amides is 1. The summed E-state index contributed by atoms with van der Waals surface area (Å²) in [7, 11) is 4.06. The Morgan fingerprint density at radius 2 is 2.07 bits per heavy atom. The predicted octanol–water partition coefficient (Wildman–Crippen LogP) is 3.77. The van der Waals surface area contributed by atoms with E-state index in [0.29, 0.717) is 19.6 Å². The fourth-order valence-corrected chi connectivity index (χ4v) is 5.04. The molecule has 1 amide bonds. The summed E-state index contributed by atoms with van der Waals surface area (Å²) in [4.78, 5) is 27.8. The van der Waals surface area contributed by atoms with Crippen LogP contribution in [-0.2, 0) is 11.3 Å². The Bertz CT molecular complexity index is 1020. The highest BCUT2D eigenvalue weighted by atomic mass is 32.1. The first kappa shape index (κ1) is 20.8. The molecular weight excluding hydrogens is 394 g/mol. The van der Waals surface area contributed by atoms with Crippen LogP contribution in [0.5, 0.6) is 0 Å². The van der Waals surface area contributed by atoms with E-state index in [4.69, 9.17) is 9.97 Å². The number of thiophene rings is 1. The van der Waals surface area contributed by atoms with E-state index in [-0.39, 0.29) is 11.8 Å². The number of anilines is 1. The molecule has 0 spiro atoms. The van der Waals surface area contributed by atoms with Gasteiger partial charge in [0.1, 0.15) is 16.5 Å². The van der Waals surface area contributed by atoms with Crippen LogP contribution in [0.1, 0.15) is 25.6 Å². The molecule has 7 heteroatoms. The van der Waals surface area contributed by atoms with Gasteiger partial charge in [0.05, 0.1) is 17.8 Å². The summed E-state index contributed by atoms with van der Waals surface area (Å²) in [6.45, 7) is 4.94. The van der Waals surface area contributed by atoms with Crippen LogP contribution in [0.3, 0.4) is 0 Å². The summed E-state index contributed by atoms with van der Waals surface area (Å²) >= 11 is 1.67. The maximum atomic E-state index is 12.5. The molecule has 0 bridgehead atoms. The van der Waals surface area contributed by atoms with E-state index >= 15 is 0 Å². The van der Waals surface area contributed by atoms with Gasteiger partial charge in [0.25, 0.3) is 0 Å². The Labute approximate surface area is 181 Å². The maximum Gasteiger partial charge on any atom is 0.224 e. The Hall–Kier alpha value is -2.51. The van der Waals surface area contributed by atoms with Crippen LogP contribution in [0.2, 0.25) is 0 Å². The fourth-order valence-electron chi connectivity index (χ4n) is 4.08. The van der Waals surface area contributed by atoms with Crippen LogP contribution in [-0.4, -0.2) is 54.5 Å². The second kappa shape index (κ2) is 9.10. The number of rotatable bonds is 6. The molecule has 3 heterocycles. The van der Waals surface area contributed by atoms with Gasteiger partial charge in [-0.05, 0) is 39.4 Å². The second-order valence-electron chi connectivity index (χ2n) is 8.08. The highest BCUT2D eigenvalue weighted by Gasteiger charge is 2.28. The molecule has 158 valence electrons. The lowest BCUT2D eigenvalue weighted by atomic mass is 9.96. The molecule has 1 saturated heterocycles. The SMILES string of the molecule is CCNC(=O)C1CCCN(c2nc(CN(C)C)nc3scc(-c4ccccc4)c23)C1. The molecule has 1 atom stereocenters. The molecule has 1 aliphatic heterocycles. The van der Waals surface area contributed by atoms with Crippen LogP contribution >= 0.6 is 11.3 Å². The van der Waals surface area contributed by atoms with Crippen molar-refractivity contribution in [2.24, 2.45) is 5.92 Å². The first-order chi connectivity index (χ1) is 14.6. The smallest absolute Gasteiger partial charge is 0.224 e. The fraction of sp³-hybridized carbons (Fsp3) is 0.435. The molecule has 1 aliphatic rings. The third kappa shape index (κ3) is 4.32. The normalized spacial score (nSPS) is 16.9. The zero-order chi connectivity index (χ0) is 21.1. The van der Waals surface area contributed by atoms with Gasteiger partial charge in [-0.15, -0.1) is 11.3 Å². The Morgan fingerprint density at radius 3 is 2.80 bits per heavy atom. The number of nitrogens with one attached hydrogen (secondary N) is 1. The lowest BCUT2D eigenvalue weighted by Crippen LogP contribution is -2.43. The van der Waals surface area contributed by atoms with Crippen molar-refractivity contribution >= 4 is 33.3 Å². The number of benzene rings is 1. The number of hydrogen-bond donors (Lipinski definition) is 1. The van der Waals surface area contributed by atoms with Gasteiger partial charge in [-0.1, -0.05) is 30.3 Å². The molecule has 30 heavy (non-hydrogen) atoms. The van der Waals surface area contributed by atoms with Crippen molar-refractivity contribution < 1.29 is 4.79 Å². The van der Waals surface area contributed by atoms with Crippen molar-refractivity contribution in [1.82, 2.24) is 20.2 Å². The minimum atomic E-state index is -0.000162. The van der Waals surface area contributed by atoms with Gasteiger partial charge in [0.2, 0.25) is 5.91 Å². The van der Waals surface area contributed by atoms with Gasteiger partial charge >= 0.3 is 0 Å². The molecule has 4 rings (SSSR count). The third-order valence-electron chi connectivity index (χ3n) is 5.45. The zero-order valence-electron chi connectivity index (χ0n) is 17.9. The van der Waals surface area contributed by atoms with Crippen LogP contribution in [0, 0.1) is 5.92 Å². The van der Waals surface area contributed by atoms with E-state index in [2.05, 4.69) is 44.8 Å². The summed E-state index contributed by atoms with van der Waals surface area (Å²) in [5, 5.41) is 6.28. The highest BCUT2D eigenvalue weighted by molar-refractivity contribution is 7.17. The van der Waals surface area contributed by atoms with Crippen LogP contribution in [0.15, 0.2) is 35.7 Å². The van der Waals surface area contributed by atoms with Gasteiger partial charge in [-0.3, -0.25) is 4.79 Å². The predicted molar refractivity (Wildman–Crippen MR) is 124 cm³/mol. The Morgan fingerprint density at radius 1 is 1.27 bits per heavy atom. The molecule has 1 fully saturated rings. The first-order valence-electron chi connectivity index (χ1n) is 10.6. The van der Waals surface area contributed by atoms with Crippen LogP contribution < -0.4 is 10.2 Å². The minimum absolute atomic E-state index is 0.000162. The van der Waals surface area contributed by atoms with Crippen molar-refractivity contribution in [3.05, 3.63) is 41.5 Å². The highest BCUT2D eigenvalue weighted by Crippen LogP contribution is 2.39. The molecule has 6 nitrogen and oxygen atoms in total. The summed E-state index contributed by atoms with van der Waals surface area (Å²) in [6, 6.07) is 10.4.